The zero-order chi connectivity index (χ0) is 24.2. The third-order valence-electron chi connectivity index (χ3n) is 7.61. The third-order valence-corrected chi connectivity index (χ3v) is 7.61. The molecule has 0 amide bonds. The van der Waals surface area contributed by atoms with Crippen LogP contribution >= 0.6 is 0 Å². The Bertz CT molecular complexity index is 713. The second kappa shape index (κ2) is 14.6. The first-order chi connectivity index (χ1) is 16.7. The molecule has 0 aromatic heterocycles. The van der Waals surface area contributed by atoms with Gasteiger partial charge in [-0.3, -0.25) is 9.80 Å². The molecule has 1 aliphatic rings. The van der Waals surface area contributed by atoms with E-state index < -0.39 is 0 Å². The van der Waals surface area contributed by atoms with Gasteiger partial charge in [-0.2, -0.15) is 0 Å². The fraction of sp³-hybridized carbons (Fsp3) is 0.600. The van der Waals surface area contributed by atoms with E-state index in [0.29, 0.717) is 24.2 Å². The fourth-order valence-electron chi connectivity index (χ4n) is 5.23. The summed E-state index contributed by atoms with van der Waals surface area (Å²) in [4.78, 5) is 5.45. The lowest BCUT2D eigenvalue weighted by molar-refractivity contribution is 0.117. The van der Waals surface area contributed by atoms with Gasteiger partial charge in [0, 0.05) is 63.4 Å². The molecule has 1 aliphatic heterocycles. The van der Waals surface area contributed by atoms with Crippen molar-refractivity contribution in [3.8, 4) is 0 Å². The van der Waals surface area contributed by atoms with Crippen molar-refractivity contribution in [2.75, 3.05) is 26.2 Å². The summed E-state index contributed by atoms with van der Waals surface area (Å²) in [5.74, 6) is 0. The summed E-state index contributed by atoms with van der Waals surface area (Å²) in [6.07, 6.45) is 4.64. The molecule has 1 heterocycles. The lowest BCUT2D eigenvalue weighted by Crippen LogP contribution is -2.55. The normalized spacial score (nSPS) is 26.0. The maximum Gasteiger partial charge on any atom is 0.0237 e. The minimum atomic E-state index is 0.506. The molecule has 1 fully saturated rings. The largest absolute Gasteiger partial charge is 0.311 e. The average molecular weight is 465 g/mol. The summed E-state index contributed by atoms with van der Waals surface area (Å²) in [6.45, 7) is 15.7. The van der Waals surface area contributed by atoms with Crippen molar-refractivity contribution in [1.29, 1.82) is 0 Å². The van der Waals surface area contributed by atoms with Crippen molar-refractivity contribution in [1.82, 2.24) is 20.4 Å². The van der Waals surface area contributed by atoms with Gasteiger partial charge in [0.2, 0.25) is 0 Å². The van der Waals surface area contributed by atoms with Crippen LogP contribution in [-0.4, -0.2) is 60.1 Å². The van der Waals surface area contributed by atoms with Gasteiger partial charge in [-0.15, -0.1) is 0 Å². The third kappa shape index (κ3) is 8.20. The topological polar surface area (TPSA) is 30.5 Å². The molecule has 0 bridgehead atoms. The van der Waals surface area contributed by atoms with E-state index in [9.17, 15) is 0 Å². The quantitative estimate of drug-likeness (QED) is 0.555. The Morgan fingerprint density at radius 1 is 0.588 bits per heavy atom. The molecular formula is C30H48N4. The zero-order valence-electron chi connectivity index (χ0n) is 22.0. The number of nitrogens with zero attached hydrogens (tertiary/aromatic N) is 2. The van der Waals surface area contributed by atoms with Crippen molar-refractivity contribution in [3.63, 3.8) is 0 Å². The van der Waals surface area contributed by atoms with Crippen LogP contribution in [0.15, 0.2) is 60.7 Å². The van der Waals surface area contributed by atoms with Gasteiger partial charge in [-0.05, 0) is 36.8 Å². The predicted molar refractivity (Wildman–Crippen MR) is 146 cm³/mol. The first-order valence-electron chi connectivity index (χ1n) is 13.7. The summed E-state index contributed by atoms with van der Waals surface area (Å²) >= 11 is 0. The van der Waals surface area contributed by atoms with Crippen LogP contribution in [0.3, 0.4) is 0 Å². The SMILES string of the molecule is CC[C@@H]1CN(Cc2ccccc2)[C@H](CC)CN[C@H](CC)CN(Cc2ccccc2)[C@H](CC)CN1. The van der Waals surface area contributed by atoms with Gasteiger partial charge in [-0.1, -0.05) is 88.4 Å². The van der Waals surface area contributed by atoms with Crippen LogP contribution in [-0.2, 0) is 13.1 Å². The minimum Gasteiger partial charge on any atom is -0.311 e. The van der Waals surface area contributed by atoms with Crippen LogP contribution in [0.2, 0.25) is 0 Å². The summed E-state index contributed by atoms with van der Waals surface area (Å²) < 4.78 is 0. The maximum absolute atomic E-state index is 3.99. The Hall–Kier alpha value is -1.72. The lowest BCUT2D eigenvalue weighted by Gasteiger charge is -2.40. The molecule has 4 atom stereocenters. The van der Waals surface area contributed by atoms with Crippen LogP contribution < -0.4 is 10.6 Å². The minimum absolute atomic E-state index is 0.506. The fourth-order valence-corrected chi connectivity index (χ4v) is 5.23. The molecule has 3 rings (SSSR count). The highest BCUT2D eigenvalue weighted by atomic mass is 15.2. The van der Waals surface area contributed by atoms with E-state index in [-0.39, 0.29) is 0 Å². The highest BCUT2D eigenvalue weighted by Crippen LogP contribution is 2.17. The highest BCUT2D eigenvalue weighted by molar-refractivity contribution is 5.15. The van der Waals surface area contributed by atoms with Gasteiger partial charge >= 0.3 is 0 Å². The molecule has 1 saturated heterocycles. The van der Waals surface area contributed by atoms with Crippen LogP contribution in [0.4, 0.5) is 0 Å². The van der Waals surface area contributed by atoms with Crippen LogP contribution in [0.5, 0.6) is 0 Å². The molecule has 2 aromatic rings. The molecule has 0 spiro atoms. The van der Waals surface area contributed by atoms with Gasteiger partial charge in [0.1, 0.15) is 0 Å². The van der Waals surface area contributed by atoms with Crippen molar-refractivity contribution in [2.45, 2.75) is 90.6 Å². The molecule has 0 aliphatic carbocycles. The molecule has 2 aromatic carbocycles. The summed E-state index contributed by atoms with van der Waals surface area (Å²) in [7, 11) is 0. The Balaban J connectivity index is 1.81. The summed E-state index contributed by atoms with van der Waals surface area (Å²) in [6, 6.07) is 24.1. The molecule has 0 unspecified atom stereocenters. The van der Waals surface area contributed by atoms with E-state index in [4.69, 9.17) is 0 Å². The van der Waals surface area contributed by atoms with E-state index >= 15 is 0 Å². The number of rotatable bonds is 8. The van der Waals surface area contributed by atoms with Crippen molar-refractivity contribution in [3.05, 3.63) is 71.8 Å². The molecule has 4 heteroatoms. The molecule has 34 heavy (non-hydrogen) atoms. The second-order valence-corrected chi connectivity index (χ2v) is 9.98. The first-order valence-corrected chi connectivity index (χ1v) is 13.7. The number of hydrogen-bond donors (Lipinski definition) is 2. The van der Waals surface area contributed by atoms with Crippen molar-refractivity contribution >= 4 is 0 Å². The zero-order valence-corrected chi connectivity index (χ0v) is 22.0. The number of benzene rings is 2. The van der Waals surface area contributed by atoms with E-state index in [1.807, 2.05) is 0 Å². The summed E-state index contributed by atoms with van der Waals surface area (Å²) in [5.41, 5.74) is 2.82. The number of nitrogens with one attached hydrogen (secondary N) is 2. The van der Waals surface area contributed by atoms with Gasteiger partial charge < -0.3 is 10.6 Å². The van der Waals surface area contributed by atoms with E-state index in [2.05, 4.69) is 109 Å². The monoisotopic (exact) mass is 464 g/mol. The Kier molecular flexibility index (Phi) is 11.6. The number of hydrogen-bond acceptors (Lipinski definition) is 4. The highest BCUT2D eigenvalue weighted by Gasteiger charge is 2.26. The predicted octanol–water partition coefficient (Wildman–Crippen LogP) is 5.30. The molecule has 188 valence electrons. The summed E-state index contributed by atoms with van der Waals surface area (Å²) in [5, 5.41) is 7.99. The van der Waals surface area contributed by atoms with Crippen LogP contribution in [0.1, 0.15) is 64.5 Å². The van der Waals surface area contributed by atoms with E-state index in [1.54, 1.807) is 0 Å². The van der Waals surface area contributed by atoms with Gasteiger partial charge in [-0.25, -0.2) is 0 Å². The van der Waals surface area contributed by atoms with Gasteiger partial charge in [0.05, 0.1) is 0 Å². The van der Waals surface area contributed by atoms with E-state index in [1.165, 1.54) is 11.1 Å². The Morgan fingerprint density at radius 3 is 1.29 bits per heavy atom. The first kappa shape index (κ1) is 26.9. The molecule has 4 nitrogen and oxygen atoms in total. The smallest absolute Gasteiger partial charge is 0.0237 e. The second-order valence-electron chi connectivity index (χ2n) is 9.98. The van der Waals surface area contributed by atoms with Gasteiger partial charge in [0.25, 0.3) is 0 Å². The molecular weight excluding hydrogens is 416 g/mol. The Morgan fingerprint density at radius 2 is 0.971 bits per heavy atom. The molecule has 0 radical (unpaired) electrons. The van der Waals surface area contributed by atoms with Crippen molar-refractivity contribution < 1.29 is 0 Å². The Labute approximate surface area is 209 Å². The lowest BCUT2D eigenvalue weighted by atomic mass is 10.0. The van der Waals surface area contributed by atoms with Gasteiger partial charge in [0.15, 0.2) is 0 Å². The van der Waals surface area contributed by atoms with Crippen LogP contribution in [0.25, 0.3) is 0 Å². The standard InChI is InChI=1S/C30H48N4/c1-5-27-23-33(21-25-15-11-9-12-16-25)30(8-4)20-32-28(6-2)24-34(29(7-3)19-31-27)22-26-17-13-10-14-18-26/h9-18,27-32H,5-8,19-24H2,1-4H3/t27-,28-,29-,30-/m1/s1. The van der Waals surface area contributed by atoms with Crippen molar-refractivity contribution in [2.24, 2.45) is 0 Å². The van der Waals surface area contributed by atoms with E-state index in [0.717, 1.165) is 65.0 Å². The van der Waals surface area contributed by atoms with Crippen LogP contribution in [0, 0.1) is 0 Å². The average Bonchev–Trinajstić information content (AvgIpc) is 2.87. The molecule has 0 saturated carbocycles. The maximum atomic E-state index is 3.99. The molecule has 2 N–H and O–H groups in total.